The highest BCUT2D eigenvalue weighted by molar-refractivity contribution is 6.30. The number of carbonyl (C=O) groups excluding carboxylic acids is 1. The van der Waals surface area contributed by atoms with E-state index in [1.807, 2.05) is 24.3 Å². The topological polar surface area (TPSA) is 26.3 Å². The Balaban J connectivity index is 1.95. The summed E-state index contributed by atoms with van der Waals surface area (Å²) in [4.78, 5) is 12.1. The molecule has 0 N–H and O–H groups in total. The number of hydrogen-bond donors (Lipinski definition) is 0. The van der Waals surface area contributed by atoms with E-state index >= 15 is 0 Å². The summed E-state index contributed by atoms with van der Waals surface area (Å²) >= 11 is 6.06. The molecule has 0 spiro atoms. The number of rotatable bonds is 0. The van der Waals surface area contributed by atoms with Gasteiger partial charge in [-0.1, -0.05) is 24.6 Å². The van der Waals surface area contributed by atoms with Crippen molar-refractivity contribution in [3.63, 3.8) is 0 Å². The Morgan fingerprint density at radius 3 is 2.86 bits per heavy atom. The van der Waals surface area contributed by atoms with Gasteiger partial charge >= 0.3 is 0 Å². The largest absolute Gasteiger partial charge is 0.488 e. The van der Waals surface area contributed by atoms with Crippen LogP contribution in [0.15, 0.2) is 30.3 Å². The van der Waals surface area contributed by atoms with Crippen molar-refractivity contribution in [3.05, 3.63) is 52.0 Å². The van der Waals surface area contributed by atoms with Gasteiger partial charge < -0.3 is 4.74 Å². The minimum absolute atomic E-state index is 0.233. The Kier molecular flexibility index (Phi) is 2.83. The van der Waals surface area contributed by atoms with Gasteiger partial charge in [0.05, 0.1) is 0 Å². The smallest absolute Gasteiger partial charge is 0.163 e. The van der Waals surface area contributed by atoms with Gasteiger partial charge in [0, 0.05) is 22.6 Å². The van der Waals surface area contributed by atoms with Gasteiger partial charge in [0.1, 0.15) is 12.4 Å². The molecule has 0 fully saturated rings. The molecule has 0 aromatic heterocycles. The van der Waals surface area contributed by atoms with E-state index in [4.69, 9.17) is 16.3 Å². The quantitative estimate of drug-likeness (QED) is 0.685. The van der Waals surface area contributed by atoms with Crippen LogP contribution in [0, 0.1) is 0 Å². The van der Waals surface area contributed by atoms with Gasteiger partial charge in [-0.25, -0.2) is 0 Å². The second-order valence-electron chi connectivity index (χ2n) is 5.89. The molecule has 2 nitrogen and oxygen atoms in total. The maximum Gasteiger partial charge on any atom is 0.163 e. The third-order valence-corrected chi connectivity index (χ3v) is 4.76. The van der Waals surface area contributed by atoms with Gasteiger partial charge in [-0.15, -0.1) is 0 Å². The van der Waals surface area contributed by atoms with Crippen LogP contribution in [0.1, 0.15) is 47.2 Å². The molecule has 4 rings (SSSR count). The van der Waals surface area contributed by atoms with Crippen molar-refractivity contribution < 1.29 is 9.53 Å². The third-order valence-electron chi connectivity index (χ3n) is 4.53. The summed E-state index contributed by atoms with van der Waals surface area (Å²) in [6, 6.07) is 9.97. The maximum absolute atomic E-state index is 12.1. The lowest BCUT2D eigenvalue weighted by Gasteiger charge is -2.27. The molecule has 1 atom stereocenters. The lowest BCUT2D eigenvalue weighted by atomic mass is 9.80. The zero-order chi connectivity index (χ0) is 14.6. The predicted octanol–water partition coefficient (Wildman–Crippen LogP) is 4.98. The van der Waals surface area contributed by atoms with Crippen LogP contribution < -0.4 is 4.74 Å². The van der Waals surface area contributed by atoms with Gasteiger partial charge in [-0.2, -0.15) is 0 Å². The van der Waals surface area contributed by atoms with Crippen molar-refractivity contribution in [2.45, 2.75) is 32.3 Å². The van der Waals surface area contributed by atoms with Crippen molar-refractivity contribution in [2.24, 2.45) is 0 Å². The molecular formula is C18H15ClO2. The summed E-state index contributed by atoms with van der Waals surface area (Å²) < 4.78 is 5.84. The minimum atomic E-state index is 0.233. The van der Waals surface area contributed by atoms with Crippen LogP contribution in [0.2, 0.25) is 5.02 Å². The fourth-order valence-corrected chi connectivity index (χ4v) is 3.51. The number of ketones is 1. The van der Waals surface area contributed by atoms with Gasteiger partial charge in [0.25, 0.3) is 0 Å². The Hall–Kier alpha value is -1.80. The van der Waals surface area contributed by atoms with Gasteiger partial charge in [0.2, 0.25) is 0 Å². The zero-order valence-corrected chi connectivity index (χ0v) is 12.5. The third kappa shape index (κ3) is 1.97. The number of halogens is 1. The van der Waals surface area contributed by atoms with E-state index in [2.05, 4.69) is 13.0 Å². The first-order valence-corrected chi connectivity index (χ1v) is 7.64. The Morgan fingerprint density at radius 2 is 2.00 bits per heavy atom. The molecule has 3 heteroatoms. The molecule has 2 aliphatic rings. The SMILES string of the molecule is C[C@@H]1CCC(=O)c2cc3c(cc21)-c1ccc(Cl)cc1CO3. The fraction of sp³-hybridized carbons (Fsp3) is 0.278. The summed E-state index contributed by atoms with van der Waals surface area (Å²) in [6.45, 7) is 2.69. The molecule has 0 saturated carbocycles. The van der Waals surface area contributed by atoms with E-state index in [9.17, 15) is 4.79 Å². The maximum atomic E-state index is 12.1. The second-order valence-corrected chi connectivity index (χ2v) is 6.33. The van der Waals surface area contributed by atoms with Crippen molar-refractivity contribution >= 4 is 17.4 Å². The van der Waals surface area contributed by atoms with Crippen LogP contribution >= 0.6 is 11.6 Å². The van der Waals surface area contributed by atoms with E-state index in [0.29, 0.717) is 18.9 Å². The van der Waals surface area contributed by atoms with Crippen molar-refractivity contribution in [2.75, 3.05) is 0 Å². The molecule has 2 aromatic rings. The summed E-state index contributed by atoms with van der Waals surface area (Å²) in [6.07, 6.45) is 1.57. The van der Waals surface area contributed by atoms with Gasteiger partial charge in [-0.05, 0) is 53.3 Å². The normalized spacial score (nSPS) is 19.3. The number of fused-ring (bicyclic) bond motifs is 4. The number of benzene rings is 2. The van der Waals surface area contributed by atoms with E-state index < -0.39 is 0 Å². The first kappa shape index (κ1) is 12.9. The van der Waals surface area contributed by atoms with E-state index in [1.165, 1.54) is 0 Å². The number of carbonyl (C=O) groups is 1. The van der Waals surface area contributed by atoms with Crippen LogP contribution in [0.5, 0.6) is 5.75 Å². The standard InChI is InChI=1S/C18H15ClO2/c1-10-2-5-17(20)15-8-18-16(7-14(10)15)13-4-3-12(19)6-11(13)9-21-18/h3-4,6-8,10H,2,5,9H2,1H3/t10-/m1/s1. The minimum Gasteiger partial charge on any atom is -0.488 e. The lowest BCUT2D eigenvalue weighted by molar-refractivity contribution is 0.0967. The van der Waals surface area contributed by atoms with Crippen molar-refractivity contribution in [3.8, 4) is 16.9 Å². The molecule has 21 heavy (non-hydrogen) atoms. The molecule has 2 aromatic carbocycles. The second kappa shape index (κ2) is 4.60. The molecular weight excluding hydrogens is 284 g/mol. The summed E-state index contributed by atoms with van der Waals surface area (Å²) in [5.74, 6) is 1.46. The monoisotopic (exact) mass is 298 g/mol. The van der Waals surface area contributed by atoms with Crippen LogP contribution in [0.4, 0.5) is 0 Å². The van der Waals surface area contributed by atoms with Gasteiger partial charge in [0.15, 0.2) is 5.78 Å². The number of hydrogen-bond acceptors (Lipinski definition) is 2. The van der Waals surface area contributed by atoms with Gasteiger partial charge in [-0.3, -0.25) is 4.79 Å². The first-order valence-electron chi connectivity index (χ1n) is 7.26. The lowest BCUT2D eigenvalue weighted by Crippen LogP contribution is -2.16. The average molecular weight is 299 g/mol. The molecule has 0 saturated heterocycles. The Labute approximate surface area is 128 Å². The highest BCUT2D eigenvalue weighted by Crippen LogP contribution is 2.43. The highest BCUT2D eigenvalue weighted by atomic mass is 35.5. The average Bonchev–Trinajstić information content (AvgIpc) is 2.49. The number of Topliss-reactive ketones (excluding diaryl/α,β-unsaturated/α-hetero) is 1. The van der Waals surface area contributed by atoms with E-state index in [-0.39, 0.29) is 5.78 Å². The first-order chi connectivity index (χ1) is 10.1. The summed E-state index contributed by atoms with van der Waals surface area (Å²) in [7, 11) is 0. The van der Waals surface area contributed by atoms with Crippen molar-refractivity contribution in [1.82, 2.24) is 0 Å². The van der Waals surface area contributed by atoms with Crippen LogP contribution in [-0.2, 0) is 6.61 Å². The van der Waals surface area contributed by atoms with Crippen LogP contribution in [0.3, 0.4) is 0 Å². The molecule has 0 bridgehead atoms. The summed E-state index contributed by atoms with van der Waals surface area (Å²) in [5, 5.41) is 0.724. The summed E-state index contributed by atoms with van der Waals surface area (Å²) in [5.41, 5.74) is 5.33. The van der Waals surface area contributed by atoms with Crippen LogP contribution in [-0.4, -0.2) is 5.78 Å². The van der Waals surface area contributed by atoms with E-state index in [1.54, 1.807) is 0 Å². The molecule has 106 valence electrons. The molecule has 0 radical (unpaired) electrons. The van der Waals surface area contributed by atoms with Crippen LogP contribution in [0.25, 0.3) is 11.1 Å². The fourth-order valence-electron chi connectivity index (χ4n) is 3.31. The van der Waals surface area contributed by atoms with E-state index in [0.717, 1.165) is 45.0 Å². The Morgan fingerprint density at radius 1 is 1.14 bits per heavy atom. The Bertz CT molecular complexity index is 764. The molecule has 0 amide bonds. The molecule has 1 heterocycles. The molecule has 1 aliphatic carbocycles. The molecule has 1 aliphatic heterocycles. The molecule has 0 unspecified atom stereocenters. The highest BCUT2D eigenvalue weighted by Gasteiger charge is 2.27. The van der Waals surface area contributed by atoms with Crippen molar-refractivity contribution in [1.29, 1.82) is 0 Å². The predicted molar refractivity (Wildman–Crippen MR) is 83.2 cm³/mol. The number of ether oxygens (including phenoxy) is 1. The zero-order valence-electron chi connectivity index (χ0n) is 11.8.